The summed E-state index contributed by atoms with van der Waals surface area (Å²) in [7, 11) is 0. The zero-order valence-electron chi connectivity index (χ0n) is 19.1. The molecule has 2 fully saturated rings. The minimum absolute atomic E-state index is 0.0119. The van der Waals surface area contributed by atoms with E-state index in [4.69, 9.17) is 0 Å². The first-order chi connectivity index (χ1) is 15.1. The minimum atomic E-state index is -0.698. The lowest BCUT2D eigenvalue weighted by atomic mass is 9.79. The van der Waals surface area contributed by atoms with Crippen molar-refractivity contribution < 1.29 is 14.4 Å². The second kappa shape index (κ2) is 6.89. The molecule has 3 aliphatic heterocycles. The number of anilines is 1. The van der Waals surface area contributed by atoms with E-state index in [0.29, 0.717) is 5.69 Å². The number of benzene rings is 2. The van der Waals surface area contributed by atoms with Crippen molar-refractivity contribution in [3.8, 4) is 0 Å². The first-order valence-electron chi connectivity index (χ1n) is 11.1. The van der Waals surface area contributed by atoms with Gasteiger partial charge in [0.25, 0.3) is 0 Å². The monoisotopic (exact) mass is 428 g/mol. The van der Waals surface area contributed by atoms with E-state index in [-0.39, 0.29) is 23.6 Å². The number of nitrogens with zero attached hydrogens (tertiary/aromatic N) is 2. The minimum Gasteiger partial charge on any atom is -0.359 e. The molecule has 2 aromatic rings. The molecule has 0 saturated carbocycles. The number of rotatable bonds is 2. The third-order valence-corrected chi connectivity index (χ3v) is 7.22. The van der Waals surface area contributed by atoms with E-state index in [1.165, 1.54) is 4.90 Å². The fourth-order valence-corrected chi connectivity index (χ4v) is 5.42. The number of amides is 2. The fourth-order valence-electron chi connectivity index (χ4n) is 5.42. The molecule has 2 amide bonds. The highest BCUT2D eigenvalue weighted by molar-refractivity contribution is 6.24. The standard InChI is InChI=1S/C27H28N2O3/c1-15-10-11-18(14-16(15)2)29-25(31)20-21(26(29)32)23(24(30)27(3,4)5)28-13-12-17-8-6-7-9-19(17)22(20)28/h6-14,20-23H,1-5H3/t20-,21-,22-,23+/m1/s1. The molecule has 0 aliphatic carbocycles. The number of carbonyl (C=O) groups is 3. The summed E-state index contributed by atoms with van der Waals surface area (Å²) in [6.45, 7) is 9.61. The lowest BCUT2D eigenvalue weighted by Gasteiger charge is -2.37. The topological polar surface area (TPSA) is 57.7 Å². The van der Waals surface area contributed by atoms with Crippen LogP contribution in [0.15, 0.2) is 48.7 Å². The van der Waals surface area contributed by atoms with Crippen LogP contribution in [0.4, 0.5) is 5.69 Å². The van der Waals surface area contributed by atoms with E-state index in [9.17, 15) is 14.4 Å². The number of aryl methyl sites for hydroxylation is 2. The van der Waals surface area contributed by atoms with Gasteiger partial charge in [-0.2, -0.15) is 0 Å². The predicted octanol–water partition coefficient (Wildman–Crippen LogP) is 4.43. The van der Waals surface area contributed by atoms with Gasteiger partial charge in [-0.25, -0.2) is 4.90 Å². The second-order valence-electron chi connectivity index (χ2n) is 10.2. The third kappa shape index (κ3) is 2.80. The van der Waals surface area contributed by atoms with Crippen LogP contribution in [0, 0.1) is 31.1 Å². The zero-order chi connectivity index (χ0) is 22.9. The van der Waals surface area contributed by atoms with Crippen LogP contribution in [0.1, 0.15) is 49.1 Å². The van der Waals surface area contributed by atoms with Crippen LogP contribution < -0.4 is 4.90 Å². The molecule has 2 saturated heterocycles. The van der Waals surface area contributed by atoms with Crippen LogP contribution in [-0.2, 0) is 14.4 Å². The Morgan fingerprint density at radius 2 is 1.59 bits per heavy atom. The van der Waals surface area contributed by atoms with Crippen LogP contribution in [0.3, 0.4) is 0 Å². The van der Waals surface area contributed by atoms with E-state index in [0.717, 1.165) is 22.3 Å². The molecule has 3 aliphatic rings. The van der Waals surface area contributed by atoms with Crippen molar-refractivity contribution in [2.75, 3.05) is 4.90 Å². The number of Topliss-reactive ketones (excluding diaryl/α,β-unsaturated/α-hetero) is 1. The summed E-state index contributed by atoms with van der Waals surface area (Å²) in [5.41, 5.74) is 4.11. The Balaban J connectivity index is 1.67. The van der Waals surface area contributed by atoms with Gasteiger partial charge in [0.15, 0.2) is 5.78 Å². The quantitative estimate of drug-likeness (QED) is 0.664. The summed E-state index contributed by atoms with van der Waals surface area (Å²) in [6.07, 6.45) is 3.88. The van der Waals surface area contributed by atoms with Crippen LogP contribution in [0.25, 0.3) is 6.08 Å². The Bertz CT molecular complexity index is 1190. The van der Waals surface area contributed by atoms with Crippen LogP contribution in [0.2, 0.25) is 0 Å². The van der Waals surface area contributed by atoms with Crippen molar-refractivity contribution in [3.63, 3.8) is 0 Å². The molecule has 0 unspecified atom stereocenters. The highest BCUT2D eigenvalue weighted by atomic mass is 16.2. The molecule has 0 N–H and O–H groups in total. The summed E-state index contributed by atoms with van der Waals surface area (Å²) in [5, 5.41) is 0. The Hall–Kier alpha value is -3.21. The molecular weight excluding hydrogens is 400 g/mol. The average molecular weight is 429 g/mol. The Labute approximate surface area is 188 Å². The van der Waals surface area contributed by atoms with Gasteiger partial charge in [-0.1, -0.05) is 51.1 Å². The van der Waals surface area contributed by atoms with E-state index >= 15 is 0 Å². The normalized spacial score (nSPS) is 26.3. The summed E-state index contributed by atoms with van der Waals surface area (Å²) < 4.78 is 0. The van der Waals surface area contributed by atoms with Gasteiger partial charge in [-0.15, -0.1) is 0 Å². The zero-order valence-corrected chi connectivity index (χ0v) is 19.1. The maximum absolute atomic E-state index is 13.8. The number of ketones is 1. The van der Waals surface area contributed by atoms with Gasteiger partial charge >= 0.3 is 0 Å². The summed E-state index contributed by atoms with van der Waals surface area (Å²) in [5.74, 6) is -1.79. The van der Waals surface area contributed by atoms with Gasteiger partial charge in [-0.05, 0) is 54.3 Å². The molecule has 0 radical (unpaired) electrons. The van der Waals surface area contributed by atoms with Crippen LogP contribution >= 0.6 is 0 Å². The van der Waals surface area contributed by atoms with Crippen molar-refractivity contribution in [1.82, 2.24) is 4.90 Å². The highest BCUT2D eigenvalue weighted by Gasteiger charge is 2.65. The average Bonchev–Trinajstić information content (AvgIpc) is 3.22. The van der Waals surface area contributed by atoms with Gasteiger partial charge < -0.3 is 4.90 Å². The molecule has 0 spiro atoms. The summed E-state index contributed by atoms with van der Waals surface area (Å²) in [6, 6.07) is 12.6. The molecule has 2 aromatic carbocycles. The fraction of sp³-hybridized carbons (Fsp3) is 0.370. The lowest BCUT2D eigenvalue weighted by molar-refractivity contribution is -0.135. The van der Waals surface area contributed by atoms with Gasteiger partial charge in [0.1, 0.15) is 6.04 Å². The summed E-state index contributed by atoms with van der Waals surface area (Å²) in [4.78, 5) is 44.5. The third-order valence-electron chi connectivity index (χ3n) is 7.22. The van der Waals surface area contributed by atoms with E-state index in [2.05, 4.69) is 0 Å². The predicted molar refractivity (Wildman–Crippen MR) is 124 cm³/mol. The molecule has 3 heterocycles. The smallest absolute Gasteiger partial charge is 0.240 e. The largest absolute Gasteiger partial charge is 0.359 e. The maximum Gasteiger partial charge on any atom is 0.240 e. The van der Waals surface area contributed by atoms with Gasteiger partial charge in [0, 0.05) is 11.6 Å². The number of hydrogen-bond donors (Lipinski definition) is 0. The molecule has 32 heavy (non-hydrogen) atoms. The maximum atomic E-state index is 13.8. The Kier molecular flexibility index (Phi) is 4.45. The van der Waals surface area contributed by atoms with E-state index < -0.39 is 23.3 Å². The number of hydrogen-bond acceptors (Lipinski definition) is 4. The van der Waals surface area contributed by atoms with E-state index in [1.54, 1.807) is 0 Å². The molecule has 5 nitrogen and oxygen atoms in total. The van der Waals surface area contributed by atoms with Crippen LogP contribution in [0.5, 0.6) is 0 Å². The summed E-state index contributed by atoms with van der Waals surface area (Å²) >= 11 is 0. The molecule has 0 bridgehead atoms. The molecule has 4 atom stereocenters. The van der Waals surface area contributed by atoms with E-state index in [1.807, 2.05) is 94.3 Å². The van der Waals surface area contributed by atoms with Gasteiger partial charge in [0.05, 0.1) is 23.6 Å². The highest BCUT2D eigenvalue weighted by Crippen LogP contribution is 2.54. The number of fused-ring (bicyclic) bond motifs is 5. The Morgan fingerprint density at radius 1 is 0.906 bits per heavy atom. The molecular formula is C27H28N2O3. The number of carbonyl (C=O) groups excluding carboxylic acids is 3. The molecule has 5 heteroatoms. The van der Waals surface area contributed by atoms with Crippen molar-refractivity contribution in [1.29, 1.82) is 0 Å². The van der Waals surface area contributed by atoms with Crippen molar-refractivity contribution in [2.24, 2.45) is 17.3 Å². The van der Waals surface area contributed by atoms with Crippen molar-refractivity contribution in [3.05, 3.63) is 70.9 Å². The van der Waals surface area contributed by atoms with Gasteiger partial charge in [0.2, 0.25) is 11.8 Å². The first kappa shape index (κ1) is 20.7. The SMILES string of the molecule is Cc1ccc(N2C(=O)[C@@H]3[C@@H](C2=O)[C@H]2c4ccccc4C=CN2[C@@H]3C(=O)C(C)(C)C)cc1C. The number of imide groups is 1. The first-order valence-corrected chi connectivity index (χ1v) is 11.1. The Morgan fingerprint density at radius 3 is 2.28 bits per heavy atom. The van der Waals surface area contributed by atoms with Crippen molar-refractivity contribution >= 4 is 29.4 Å². The molecule has 0 aromatic heterocycles. The van der Waals surface area contributed by atoms with Crippen LogP contribution in [-0.4, -0.2) is 28.5 Å². The molecule has 5 rings (SSSR count). The van der Waals surface area contributed by atoms with Crippen molar-refractivity contribution in [2.45, 2.75) is 46.7 Å². The lowest BCUT2D eigenvalue weighted by Crippen LogP contribution is -2.47. The molecule has 164 valence electrons. The second-order valence-corrected chi connectivity index (χ2v) is 10.2. The van der Waals surface area contributed by atoms with Gasteiger partial charge in [-0.3, -0.25) is 14.4 Å².